The van der Waals surface area contributed by atoms with Crippen molar-refractivity contribution in [2.75, 3.05) is 10.6 Å². The molecule has 0 aliphatic heterocycles. The number of hydrogen-bond donors (Lipinski definition) is 2. The van der Waals surface area contributed by atoms with Crippen LogP contribution in [0.5, 0.6) is 11.5 Å². The lowest BCUT2D eigenvalue weighted by Crippen LogP contribution is -2.19. The van der Waals surface area contributed by atoms with E-state index in [1.54, 1.807) is 62.4 Å². The van der Waals surface area contributed by atoms with Crippen LogP contribution in [0.2, 0.25) is 0 Å². The lowest BCUT2D eigenvalue weighted by molar-refractivity contribution is 0.0378. The minimum absolute atomic E-state index is 0.167. The molecule has 0 saturated heterocycles. The van der Waals surface area contributed by atoms with Gasteiger partial charge in [0, 0.05) is 11.4 Å². The topological polar surface area (TPSA) is 76.7 Å². The minimum Gasteiger partial charge on any atom is -0.459 e. The fourth-order valence-corrected chi connectivity index (χ4v) is 2.61. The van der Waals surface area contributed by atoms with Gasteiger partial charge in [-0.3, -0.25) is 0 Å². The molecular weight excluding hydrogens is 380 g/mol. The first-order valence-corrected chi connectivity index (χ1v) is 9.63. The molecule has 0 aromatic heterocycles. The third-order valence-electron chi connectivity index (χ3n) is 4.09. The van der Waals surface area contributed by atoms with Crippen molar-refractivity contribution < 1.29 is 19.1 Å². The second-order valence-corrected chi connectivity index (χ2v) is 7.05. The number of rotatable bonds is 6. The number of carbonyl (C=O) groups excluding carboxylic acids is 2. The number of urea groups is 1. The Bertz CT molecular complexity index is 995. The predicted octanol–water partition coefficient (Wildman–Crippen LogP) is 6.00. The van der Waals surface area contributed by atoms with E-state index in [1.807, 2.05) is 31.2 Å². The van der Waals surface area contributed by atoms with Crippen LogP contribution in [0.15, 0.2) is 72.8 Å². The van der Waals surface area contributed by atoms with E-state index < -0.39 is 0 Å². The molecule has 0 saturated carbocycles. The van der Waals surface area contributed by atoms with E-state index in [9.17, 15) is 9.59 Å². The molecule has 3 rings (SSSR count). The standard InChI is InChI=1S/C24H24N2O4/c1-16(2)29-23(27)18-6-12-21(13-7-18)30-22-14-10-20(11-15-22)26-24(28)25-19-8-4-17(3)5-9-19/h4-16H,1-3H3,(H2,25,26,28). The van der Waals surface area contributed by atoms with Gasteiger partial charge in [-0.1, -0.05) is 17.7 Å². The summed E-state index contributed by atoms with van der Waals surface area (Å²) in [5, 5.41) is 5.55. The van der Waals surface area contributed by atoms with Crippen LogP contribution < -0.4 is 15.4 Å². The van der Waals surface area contributed by atoms with Gasteiger partial charge < -0.3 is 20.1 Å². The van der Waals surface area contributed by atoms with Crippen LogP contribution in [0.1, 0.15) is 29.8 Å². The zero-order valence-corrected chi connectivity index (χ0v) is 17.1. The summed E-state index contributed by atoms with van der Waals surface area (Å²) in [5.41, 5.74) is 2.95. The van der Waals surface area contributed by atoms with E-state index in [0.29, 0.717) is 22.7 Å². The van der Waals surface area contributed by atoms with Gasteiger partial charge in [0.15, 0.2) is 0 Å². The second-order valence-electron chi connectivity index (χ2n) is 7.05. The van der Waals surface area contributed by atoms with Crippen molar-refractivity contribution in [3.8, 4) is 11.5 Å². The highest BCUT2D eigenvalue weighted by atomic mass is 16.5. The van der Waals surface area contributed by atoms with Gasteiger partial charge in [0.25, 0.3) is 0 Å². The predicted molar refractivity (Wildman–Crippen MR) is 117 cm³/mol. The van der Waals surface area contributed by atoms with E-state index in [1.165, 1.54) is 0 Å². The fraction of sp³-hybridized carbons (Fsp3) is 0.167. The number of aryl methyl sites for hydroxylation is 1. The summed E-state index contributed by atoms with van der Waals surface area (Å²) in [6, 6.07) is 21.0. The number of hydrogen-bond acceptors (Lipinski definition) is 4. The summed E-state index contributed by atoms with van der Waals surface area (Å²) in [4.78, 5) is 24.0. The summed E-state index contributed by atoms with van der Waals surface area (Å²) in [7, 11) is 0. The first-order valence-electron chi connectivity index (χ1n) is 9.63. The van der Waals surface area contributed by atoms with E-state index in [2.05, 4.69) is 10.6 Å². The van der Waals surface area contributed by atoms with Crippen LogP contribution in [0.3, 0.4) is 0 Å². The molecule has 0 atom stereocenters. The van der Waals surface area contributed by atoms with Crippen molar-refractivity contribution >= 4 is 23.4 Å². The Morgan fingerprint density at radius 1 is 0.733 bits per heavy atom. The van der Waals surface area contributed by atoms with Crippen LogP contribution in [0, 0.1) is 6.92 Å². The first-order chi connectivity index (χ1) is 14.4. The maximum atomic E-state index is 12.1. The molecule has 0 fully saturated rings. The summed E-state index contributed by atoms with van der Waals surface area (Å²) < 4.78 is 10.9. The molecule has 3 aromatic carbocycles. The van der Waals surface area contributed by atoms with Gasteiger partial charge in [0.1, 0.15) is 11.5 Å². The zero-order chi connectivity index (χ0) is 21.5. The molecule has 0 aliphatic carbocycles. The Hall–Kier alpha value is -3.80. The monoisotopic (exact) mass is 404 g/mol. The SMILES string of the molecule is Cc1ccc(NC(=O)Nc2ccc(Oc3ccc(C(=O)OC(C)C)cc3)cc2)cc1. The molecule has 0 heterocycles. The second kappa shape index (κ2) is 9.60. The molecule has 0 unspecified atom stereocenters. The molecule has 2 N–H and O–H groups in total. The van der Waals surface area contributed by atoms with Gasteiger partial charge in [-0.05, 0) is 81.4 Å². The quantitative estimate of drug-likeness (QED) is 0.494. The van der Waals surface area contributed by atoms with Crippen molar-refractivity contribution in [2.45, 2.75) is 26.9 Å². The van der Waals surface area contributed by atoms with Crippen LogP contribution in [0.4, 0.5) is 16.2 Å². The number of ether oxygens (including phenoxy) is 2. The highest BCUT2D eigenvalue weighted by Crippen LogP contribution is 2.24. The van der Waals surface area contributed by atoms with E-state index in [-0.39, 0.29) is 18.1 Å². The summed E-state index contributed by atoms with van der Waals surface area (Å²) in [6.45, 7) is 5.60. The Balaban J connectivity index is 1.54. The molecule has 0 aliphatic rings. The summed E-state index contributed by atoms with van der Waals surface area (Å²) in [6.07, 6.45) is -0.167. The van der Waals surface area contributed by atoms with Crippen LogP contribution in [-0.4, -0.2) is 18.1 Å². The first kappa shape index (κ1) is 20.9. The van der Waals surface area contributed by atoms with E-state index in [4.69, 9.17) is 9.47 Å². The number of esters is 1. The lowest BCUT2D eigenvalue weighted by atomic mass is 10.2. The van der Waals surface area contributed by atoms with Gasteiger partial charge in [-0.15, -0.1) is 0 Å². The smallest absolute Gasteiger partial charge is 0.338 e. The molecule has 3 aromatic rings. The largest absolute Gasteiger partial charge is 0.459 e. The number of benzene rings is 3. The Morgan fingerprint density at radius 2 is 1.20 bits per heavy atom. The van der Waals surface area contributed by atoms with Gasteiger partial charge >= 0.3 is 12.0 Å². The molecule has 30 heavy (non-hydrogen) atoms. The van der Waals surface area contributed by atoms with Gasteiger partial charge in [0.05, 0.1) is 11.7 Å². The van der Waals surface area contributed by atoms with E-state index >= 15 is 0 Å². The number of nitrogens with one attached hydrogen (secondary N) is 2. The van der Waals surface area contributed by atoms with Gasteiger partial charge in [-0.25, -0.2) is 9.59 Å². The van der Waals surface area contributed by atoms with Crippen molar-refractivity contribution in [2.24, 2.45) is 0 Å². The molecule has 6 nitrogen and oxygen atoms in total. The molecular formula is C24H24N2O4. The molecule has 0 radical (unpaired) electrons. The third kappa shape index (κ3) is 6.10. The number of amides is 2. The van der Waals surface area contributed by atoms with Crippen LogP contribution in [0.25, 0.3) is 0 Å². The number of carbonyl (C=O) groups is 2. The highest BCUT2D eigenvalue weighted by molar-refractivity contribution is 5.99. The minimum atomic E-state index is -0.365. The Morgan fingerprint density at radius 3 is 1.70 bits per heavy atom. The van der Waals surface area contributed by atoms with Crippen LogP contribution >= 0.6 is 0 Å². The molecule has 0 spiro atoms. The van der Waals surface area contributed by atoms with Crippen molar-refractivity contribution in [1.82, 2.24) is 0 Å². The third-order valence-corrected chi connectivity index (χ3v) is 4.09. The lowest BCUT2D eigenvalue weighted by Gasteiger charge is -2.10. The van der Waals surface area contributed by atoms with Crippen LogP contribution in [-0.2, 0) is 4.74 Å². The highest BCUT2D eigenvalue weighted by Gasteiger charge is 2.09. The molecule has 0 bridgehead atoms. The average Bonchev–Trinajstić information content (AvgIpc) is 2.71. The Kier molecular flexibility index (Phi) is 6.70. The Labute approximate surface area is 175 Å². The zero-order valence-electron chi connectivity index (χ0n) is 17.1. The molecule has 154 valence electrons. The summed E-state index contributed by atoms with van der Waals surface area (Å²) >= 11 is 0. The van der Waals surface area contributed by atoms with Crippen molar-refractivity contribution in [1.29, 1.82) is 0 Å². The van der Waals surface area contributed by atoms with Gasteiger partial charge in [0.2, 0.25) is 0 Å². The fourth-order valence-electron chi connectivity index (χ4n) is 2.61. The van der Waals surface area contributed by atoms with Crippen molar-refractivity contribution in [3.05, 3.63) is 83.9 Å². The number of anilines is 2. The van der Waals surface area contributed by atoms with Crippen molar-refractivity contribution in [3.63, 3.8) is 0 Å². The normalized spacial score (nSPS) is 10.4. The molecule has 2 amide bonds. The summed E-state index contributed by atoms with van der Waals surface area (Å²) in [5.74, 6) is 0.835. The van der Waals surface area contributed by atoms with E-state index in [0.717, 1.165) is 11.3 Å². The van der Waals surface area contributed by atoms with Gasteiger partial charge in [-0.2, -0.15) is 0 Å². The average molecular weight is 404 g/mol. The molecule has 6 heteroatoms. The maximum Gasteiger partial charge on any atom is 0.338 e. The maximum absolute atomic E-state index is 12.1.